The lowest BCUT2D eigenvalue weighted by atomic mass is 9.96. The molecule has 6 atom stereocenters. The molecule has 202 valence electrons. The molecule has 1 fully saturated rings. The van der Waals surface area contributed by atoms with Crippen molar-refractivity contribution in [2.24, 2.45) is 5.92 Å². The zero-order chi connectivity index (χ0) is 27.1. The maximum atomic E-state index is 13.5. The third kappa shape index (κ3) is 7.07. The van der Waals surface area contributed by atoms with Gasteiger partial charge in [-0.15, -0.1) is 0 Å². The van der Waals surface area contributed by atoms with Crippen molar-refractivity contribution < 1.29 is 29.4 Å². The maximum Gasteiger partial charge on any atom is 0.328 e. The van der Waals surface area contributed by atoms with Gasteiger partial charge in [0.2, 0.25) is 17.7 Å². The van der Waals surface area contributed by atoms with Crippen LogP contribution in [-0.4, -0.2) is 75.7 Å². The number of rotatable bonds is 12. The average Bonchev–Trinajstić information content (AvgIpc) is 3.55. The Balaban J connectivity index is 1.85. The maximum absolute atomic E-state index is 13.5. The third-order valence-electron chi connectivity index (χ3n) is 6.95. The Morgan fingerprint density at radius 1 is 1.05 bits per heavy atom. The molecule has 6 unspecified atom stereocenters. The summed E-state index contributed by atoms with van der Waals surface area (Å²) in [4.78, 5) is 54.2. The molecule has 0 radical (unpaired) electrons. The van der Waals surface area contributed by atoms with Crippen LogP contribution in [0, 0.1) is 5.92 Å². The molecule has 11 heteroatoms. The highest BCUT2D eigenvalue weighted by Gasteiger charge is 2.34. The summed E-state index contributed by atoms with van der Waals surface area (Å²) in [5.41, 5.74) is 1.60. The van der Waals surface area contributed by atoms with Gasteiger partial charge < -0.3 is 36.5 Å². The molecule has 1 aliphatic heterocycles. The molecular formula is C26H37N5O6. The molecule has 2 aromatic rings. The van der Waals surface area contributed by atoms with Gasteiger partial charge in [0.15, 0.2) is 6.04 Å². The lowest BCUT2D eigenvalue weighted by molar-refractivity contribution is -0.145. The molecule has 2 heterocycles. The van der Waals surface area contributed by atoms with Gasteiger partial charge in [0.25, 0.3) is 0 Å². The predicted octanol–water partition coefficient (Wildman–Crippen LogP) is 0.428. The number of amides is 3. The molecule has 1 aromatic heterocycles. The molecule has 3 rings (SSSR count). The van der Waals surface area contributed by atoms with Crippen LogP contribution in [0.15, 0.2) is 30.5 Å². The Bertz CT molecular complexity index is 1110. The summed E-state index contributed by atoms with van der Waals surface area (Å²) in [5.74, 6) is -3.17. The monoisotopic (exact) mass is 515 g/mol. The zero-order valence-corrected chi connectivity index (χ0v) is 21.4. The van der Waals surface area contributed by atoms with Gasteiger partial charge in [-0.3, -0.25) is 14.4 Å². The summed E-state index contributed by atoms with van der Waals surface area (Å²) in [7, 11) is 0. The molecule has 3 amide bonds. The normalized spacial score (nSPS) is 19.4. The third-order valence-corrected chi connectivity index (χ3v) is 6.95. The van der Waals surface area contributed by atoms with Crippen LogP contribution in [0.4, 0.5) is 0 Å². The topological polar surface area (TPSA) is 173 Å². The van der Waals surface area contributed by atoms with E-state index in [2.05, 4.69) is 26.3 Å². The summed E-state index contributed by atoms with van der Waals surface area (Å²) in [6.45, 7) is 5.74. The molecule has 0 aliphatic carbocycles. The number of fused-ring (bicyclic) bond motifs is 1. The number of carboxylic acid groups (broad SMARTS) is 1. The minimum absolute atomic E-state index is 0.0685. The number of carbonyl (C=O) groups is 4. The Morgan fingerprint density at radius 3 is 2.41 bits per heavy atom. The van der Waals surface area contributed by atoms with Gasteiger partial charge in [-0.1, -0.05) is 38.5 Å². The standard InChI is InChI=1S/C26H37N5O6/c1-4-14(2)21(30-23(33)19-10-7-11-27-19)25(35)29-20(24(34)31-22(15(3)32)26(36)37)12-16-13-28-18-9-6-5-8-17(16)18/h5-6,8-9,13-15,19-22,27-28,32H,4,7,10-12H2,1-3H3,(H,29,35)(H,30,33)(H,31,34)(H,36,37). The van der Waals surface area contributed by atoms with Gasteiger partial charge in [-0.25, -0.2) is 4.79 Å². The zero-order valence-electron chi connectivity index (χ0n) is 21.4. The van der Waals surface area contributed by atoms with Gasteiger partial charge >= 0.3 is 5.97 Å². The number of hydrogen-bond donors (Lipinski definition) is 7. The van der Waals surface area contributed by atoms with Crippen LogP contribution in [0.5, 0.6) is 0 Å². The second kappa shape index (κ2) is 12.7. The molecular weight excluding hydrogens is 478 g/mol. The first-order chi connectivity index (χ1) is 17.6. The summed E-state index contributed by atoms with van der Waals surface area (Å²) in [6.07, 6.45) is 2.62. The average molecular weight is 516 g/mol. The number of aromatic amines is 1. The number of H-pyrrole nitrogens is 1. The largest absolute Gasteiger partial charge is 0.480 e. The lowest BCUT2D eigenvalue weighted by Crippen LogP contribution is -2.59. The molecule has 11 nitrogen and oxygen atoms in total. The first kappa shape index (κ1) is 28.1. The SMILES string of the molecule is CCC(C)C(NC(=O)C1CCCN1)C(=O)NC(Cc1c[nH]c2ccccc12)C(=O)NC(C(=O)O)C(C)O. The summed E-state index contributed by atoms with van der Waals surface area (Å²) >= 11 is 0. The summed E-state index contributed by atoms with van der Waals surface area (Å²) < 4.78 is 0. The van der Waals surface area contributed by atoms with Crippen LogP contribution in [-0.2, 0) is 25.6 Å². The van der Waals surface area contributed by atoms with E-state index in [0.29, 0.717) is 12.8 Å². The predicted molar refractivity (Wildman–Crippen MR) is 138 cm³/mol. The second-order valence-corrected chi connectivity index (χ2v) is 9.71. The highest BCUT2D eigenvalue weighted by Crippen LogP contribution is 2.20. The molecule has 0 bridgehead atoms. The number of aliphatic hydroxyl groups excluding tert-OH is 1. The quantitative estimate of drug-likeness (QED) is 0.215. The molecule has 0 saturated carbocycles. The number of carbonyl (C=O) groups excluding carboxylic acids is 3. The fourth-order valence-electron chi connectivity index (χ4n) is 4.50. The first-order valence-electron chi connectivity index (χ1n) is 12.7. The number of aliphatic hydroxyl groups is 1. The van der Waals surface area contributed by atoms with E-state index < -0.39 is 42.0 Å². The van der Waals surface area contributed by atoms with Crippen molar-refractivity contribution in [3.8, 4) is 0 Å². The van der Waals surface area contributed by atoms with Crippen LogP contribution < -0.4 is 21.3 Å². The number of aromatic nitrogens is 1. The van der Waals surface area contributed by atoms with Crippen molar-refractivity contribution in [1.29, 1.82) is 0 Å². The Morgan fingerprint density at radius 2 is 1.78 bits per heavy atom. The smallest absolute Gasteiger partial charge is 0.328 e. The Kier molecular flexibility index (Phi) is 9.65. The highest BCUT2D eigenvalue weighted by molar-refractivity contribution is 5.95. The van der Waals surface area contributed by atoms with Crippen molar-refractivity contribution in [3.05, 3.63) is 36.0 Å². The molecule has 37 heavy (non-hydrogen) atoms. The molecule has 0 spiro atoms. The van der Waals surface area contributed by atoms with Crippen LogP contribution in [0.1, 0.15) is 45.6 Å². The first-order valence-corrected chi connectivity index (χ1v) is 12.7. The molecule has 1 aliphatic rings. The van der Waals surface area contributed by atoms with Crippen molar-refractivity contribution in [3.63, 3.8) is 0 Å². The fraction of sp³-hybridized carbons (Fsp3) is 0.538. The number of aliphatic carboxylic acids is 1. The number of hydrogen-bond acceptors (Lipinski definition) is 6. The van der Waals surface area contributed by atoms with E-state index in [1.807, 2.05) is 38.1 Å². The van der Waals surface area contributed by atoms with Gasteiger partial charge in [0, 0.05) is 23.5 Å². The molecule has 7 N–H and O–H groups in total. The van der Waals surface area contributed by atoms with Crippen LogP contribution >= 0.6 is 0 Å². The Labute approximate surface area is 215 Å². The van der Waals surface area contributed by atoms with E-state index in [1.165, 1.54) is 6.92 Å². The Hall–Kier alpha value is -3.44. The minimum atomic E-state index is -1.55. The van der Waals surface area contributed by atoms with E-state index in [-0.39, 0.29) is 24.3 Å². The number of benzene rings is 1. The lowest BCUT2D eigenvalue weighted by Gasteiger charge is -2.28. The van der Waals surface area contributed by atoms with Gasteiger partial charge in [0.1, 0.15) is 12.1 Å². The van der Waals surface area contributed by atoms with Gasteiger partial charge in [-0.05, 0) is 43.9 Å². The second-order valence-electron chi connectivity index (χ2n) is 9.71. The van der Waals surface area contributed by atoms with Gasteiger partial charge in [-0.2, -0.15) is 0 Å². The molecule has 1 aromatic carbocycles. The van der Waals surface area contributed by atoms with Crippen molar-refractivity contribution in [2.75, 3.05) is 6.54 Å². The van der Waals surface area contributed by atoms with Crippen LogP contribution in [0.3, 0.4) is 0 Å². The van der Waals surface area contributed by atoms with Crippen molar-refractivity contribution in [1.82, 2.24) is 26.3 Å². The van der Waals surface area contributed by atoms with Crippen LogP contribution in [0.2, 0.25) is 0 Å². The fourth-order valence-corrected chi connectivity index (χ4v) is 4.50. The van der Waals surface area contributed by atoms with Crippen molar-refractivity contribution >= 4 is 34.6 Å². The van der Waals surface area contributed by atoms with Gasteiger partial charge in [0.05, 0.1) is 12.1 Å². The summed E-state index contributed by atoms with van der Waals surface area (Å²) in [6, 6.07) is 3.53. The van der Waals surface area contributed by atoms with E-state index in [9.17, 15) is 29.4 Å². The molecule has 1 saturated heterocycles. The van der Waals surface area contributed by atoms with E-state index >= 15 is 0 Å². The summed E-state index contributed by atoms with van der Waals surface area (Å²) in [5, 5.41) is 31.2. The number of carboxylic acids is 1. The van der Waals surface area contributed by atoms with Crippen molar-refractivity contribution in [2.45, 2.75) is 76.7 Å². The minimum Gasteiger partial charge on any atom is -0.480 e. The van der Waals surface area contributed by atoms with Crippen LogP contribution in [0.25, 0.3) is 10.9 Å². The number of para-hydroxylation sites is 1. The van der Waals surface area contributed by atoms with E-state index in [1.54, 1.807) is 6.20 Å². The van der Waals surface area contributed by atoms with E-state index in [4.69, 9.17) is 0 Å². The van der Waals surface area contributed by atoms with E-state index in [0.717, 1.165) is 29.4 Å². The highest BCUT2D eigenvalue weighted by atomic mass is 16.4. The number of nitrogens with one attached hydrogen (secondary N) is 5.